The Balaban J connectivity index is 1.70. The summed E-state index contributed by atoms with van der Waals surface area (Å²) in [5.41, 5.74) is 2.19. The summed E-state index contributed by atoms with van der Waals surface area (Å²) in [7, 11) is 0. The minimum atomic E-state index is -1.44. The highest BCUT2D eigenvalue weighted by molar-refractivity contribution is 7.81. The van der Waals surface area contributed by atoms with E-state index < -0.39 is 24.4 Å². The Morgan fingerprint density at radius 3 is 2.87 bits per heavy atom. The molecule has 158 valence electrons. The van der Waals surface area contributed by atoms with Crippen LogP contribution < -0.4 is 5.32 Å². The summed E-state index contributed by atoms with van der Waals surface area (Å²) in [6.45, 7) is 0.149. The minimum Gasteiger partial charge on any atom is -0.393 e. The monoisotopic (exact) mass is 433 g/mol. The number of hydrogen-bond donors (Lipinski definition) is 3. The largest absolute Gasteiger partial charge is 0.393 e. The lowest BCUT2D eigenvalue weighted by atomic mass is 9.98. The molecule has 2 heterocycles. The van der Waals surface area contributed by atoms with Crippen molar-refractivity contribution < 1.29 is 24.2 Å². The fourth-order valence-electron chi connectivity index (χ4n) is 3.03. The second-order valence-corrected chi connectivity index (χ2v) is 7.06. The molecule has 1 aromatic carbocycles. The van der Waals surface area contributed by atoms with Crippen molar-refractivity contribution in [2.45, 2.75) is 19.1 Å². The maximum atomic E-state index is 14.7. The Kier molecular flexibility index (Phi) is 6.98. The van der Waals surface area contributed by atoms with Crippen LogP contribution in [0.2, 0.25) is 0 Å². The summed E-state index contributed by atoms with van der Waals surface area (Å²) in [6, 6.07) is 4.68. The van der Waals surface area contributed by atoms with Gasteiger partial charge in [0, 0.05) is 24.7 Å². The number of rotatable bonds is 7. The number of aromatic nitrogens is 3. The standard InChI is InChI=1S/C19H20FN5O4S/c20-16-7-14(25-9-13(22-23-25)8-21-18(30)11-27)1-2-15(16)12-3-5-24(6-4-12)19(29)17(28)10-26/h1-3,7,9,11,17,26,28H,4-6,8,10H2,(H,21,30)/t17-/m1/s1. The molecule has 2 aromatic rings. The third-order valence-corrected chi connectivity index (χ3v) is 4.87. The van der Waals surface area contributed by atoms with Crippen molar-refractivity contribution >= 4 is 35.0 Å². The fourth-order valence-corrected chi connectivity index (χ4v) is 3.11. The van der Waals surface area contributed by atoms with Crippen LogP contribution in [-0.4, -0.2) is 73.1 Å². The van der Waals surface area contributed by atoms with Gasteiger partial charge in [-0.2, -0.15) is 0 Å². The summed E-state index contributed by atoms with van der Waals surface area (Å²) in [5, 5.41) is 29.0. The number of benzene rings is 1. The highest BCUT2D eigenvalue weighted by atomic mass is 32.1. The van der Waals surface area contributed by atoms with Crippen molar-refractivity contribution in [3.05, 3.63) is 47.5 Å². The first-order valence-electron chi connectivity index (χ1n) is 9.14. The van der Waals surface area contributed by atoms with Gasteiger partial charge in [-0.05, 0) is 24.1 Å². The number of aliphatic hydroxyl groups is 2. The predicted molar refractivity (Wildman–Crippen MR) is 109 cm³/mol. The van der Waals surface area contributed by atoms with E-state index in [0.29, 0.717) is 36.2 Å². The third kappa shape index (κ3) is 4.93. The summed E-state index contributed by atoms with van der Waals surface area (Å²) >= 11 is 4.75. The van der Waals surface area contributed by atoms with Crippen molar-refractivity contribution in [1.82, 2.24) is 25.2 Å². The van der Waals surface area contributed by atoms with E-state index >= 15 is 0 Å². The van der Waals surface area contributed by atoms with Crippen LogP contribution >= 0.6 is 12.2 Å². The van der Waals surface area contributed by atoms with Crippen LogP contribution in [0.15, 0.2) is 30.5 Å². The average Bonchev–Trinajstić information content (AvgIpc) is 3.25. The SMILES string of the molecule is O=CC(=S)NCc1cn(-c2ccc(C3=CCN(C(=O)[C@H](O)CO)CC3)c(F)c2)nn1. The lowest BCUT2D eigenvalue weighted by molar-refractivity contribution is -0.141. The molecule has 0 radical (unpaired) electrons. The van der Waals surface area contributed by atoms with E-state index in [4.69, 9.17) is 17.3 Å². The Hall–Kier alpha value is -3.02. The predicted octanol–water partition coefficient (Wildman–Crippen LogP) is -0.00880. The molecule has 0 unspecified atom stereocenters. The van der Waals surface area contributed by atoms with Crippen molar-refractivity contribution in [1.29, 1.82) is 0 Å². The Labute approximate surface area is 176 Å². The summed E-state index contributed by atoms with van der Waals surface area (Å²) in [6.07, 6.45) is 2.85. The fraction of sp³-hybridized carbons (Fsp3) is 0.316. The molecule has 11 heteroatoms. The zero-order chi connectivity index (χ0) is 21.7. The number of amides is 1. The smallest absolute Gasteiger partial charge is 0.254 e. The molecule has 1 atom stereocenters. The van der Waals surface area contributed by atoms with Crippen molar-refractivity contribution in [2.75, 3.05) is 19.7 Å². The van der Waals surface area contributed by atoms with Gasteiger partial charge in [-0.3, -0.25) is 9.59 Å². The number of carbonyl (C=O) groups excluding carboxylic acids is 2. The molecule has 1 aliphatic rings. The van der Waals surface area contributed by atoms with Gasteiger partial charge in [0.15, 0.2) is 12.4 Å². The van der Waals surface area contributed by atoms with Crippen LogP contribution in [-0.2, 0) is 16.1 Å². The lowest BCUT2D eigenvalue weighted by Gasteiger charge is -2.28. The zero-order valence-electron chi connectivity index (χ0n) is 15.9. The van der Waals surface area contributed by atoms with E-state index in [1.807, 2.05) is 0 Å². The van der Waals surface area contributed by atoms with E-state index in [1.165, 1.54) is 15.6 Å². The molecule has 9 nitrogen and oxygen atoms in total. The summed E-state index contributed by atoms with van der Waals surface area (Å²) in [4.78, 5) is 23.9. The maximum Gasteiger partial charge on any atom is 0.254 e. The van der Waals surface area contributed by atoms with Crippen LogP contribution in [0.5, 0.6) is 0 Å². The Morgan fingerprint density at radius 1 is 1.43 bits per heavy atom. The summed E-state index contributed by atoms with van der Waals surface area (Å²) in [5.74, 6) is -0.986. The quantitative estimate of drug-likeness (QED) is 0.412. The Bertz CT molecular complexity index is 993. The second kappa shape index (κ2) is 9.65. The van der Waals surface area contributed by atoms with E-state index in [-0.39, 0.29) is 18.1 Å². The molecule has 0 aliphatic carbocycles. The van der Waals surface area contributed by atoms with Crippen LogP contribution in [0.25, 0.3) is 11.3 Å². The van der Waals surface area contributed by atoms with Crippen LogP contribution in [0.4, 0.5) is 4.39 Å². The molecule has 30 heavy (non-hydrogen) atoms. The number of halogens is 1. The van der Waals surface area contributed by atoms with Gasteiger partial charge in [0.25, 0.3) is 5.91 Å². The molecule has 1 amide bonds. The number of hydrogen-bond acceptors (Lipinski definition) is 7. The number of nitrogens with one attached hydrogen (secondary N) is 1. The number of carbonyl (C=O) groups is 2. The van der Waals surface area contributed by atoms with Gasteiger partial charge >= 0.3 is 0 Å². The third-order valence-electron chi connectivity index (χ3n) is 4.63. The normalized spacial score (nSPS) is 14.8. The van der Waals surface area contributed by atoms with E-state index in [1.54, 1.807) is 24.4 Å². The number of thiocarbonyl (C=S) groups is 1. The van der Waals surface area contributed by atoms with Crippen LogP contribution in [0, 0.1) is 5.82 Å². The topological polar surface area (TPSA) is 121 Å². The molecule has 3 N–H and O–H groups in total. The van der Waals surface area contributed by atoms with E-state index in [2.05, 4.69) is 15.6 Å². The molecular weight excluding hydrogens is 413 g/mol. The highest BCUT2D eigenvalue weighted by Crippen LogP contribution is 2.26. The molecule has 3 rings (SSSR count). The van der Waals surface area contributed by atoms with E-state index in [9.17, 15) is 19.1 Å². The molecule has 0 spiro atoms. The van der Waals surface area contributed by atoms with Gasteiger partial charge in [0.2, 0.25) is 0 Å². The average molecular weight is 433 g/mol. The lowest BCUT2D eigenvalue weighted by Crippen LogP contribution is -2.42. The van der Waals surface area contributed by atoms with Crippen molar-refractivity contribution in [3.63, 3.8) is 0 Å². The molecule has 0 bridgehead atoms. The van der Waals surface area contributed by atoms with Crippen LogP contribution in [0.3, 0.4) is 0 Å². The van der Waals surface area contributed by atoms with E-state index in [0.717, 1.165) is 5.57 Å². The maximum absolute atomic E-state index is 14.7. The number of aldehydes is 1. The molecule has 1 aliphatic heterocycles. The molecule has 1 aromatic heterocycles. The molecular formula is C19H20FN5O4S. The minimum absolute atomic E-state index is 0.0619. The first kappa shape index (κ1) is 21.7. The summed E-state index contributed by atoms with van der Waals surface area (Å²) < 4.78 is 16.2. The zero-order valence-corrected chi connectivity index (χ0v) is 16.7. The highest BCUT2D eigenvalue weighted by Gasteiger charge is 2.24. The first-order chi connectivity index (χ1) is 14.4. The van der Waals surface area contributed by atoms with Crippen molar-refractivity contribution in [2.24, 2.45) is 0 Å². The van der Waals surface area contributed by atoms with Gasteiger partial charge in [0.05, 0.1) is 25.0 Å². The van der Waals surface area contributed by atoms with Gasteiger partial charge < -0.3 is 20.4 Å². The van der Waals surface area contributed by atoms with Gasteiger partial charge in [0.1, 0.15) is 16.5 Å². The Morgan fingerprint density at radius 2 is 2.23 bits per heavy atom. The molecule has 0 saturated carbocycles. The number of nitrogens with zero attached hydrogens (tertiary/aromatic N) is 4. The van der Waals surface area contributed by atoms with Crippen molar-refractivity contribution in [3.8, 4) is 5.69 Å². The first-order valence-corrected chi connectivity index (χ1v) is 9.55. The van der Waals surface area contributed by atoms with Gasteiger partial charge in [-0.25, -0.2) is 9.07 Å². The number of aliphatic hydroxyl groups excluding tert-OH is 2. The van der Waals surface area contributed by atoms with Gasteiger partial charge in [-0.15, -0.1) is 5.10 Å². The van der Waals surface area contributed by atoms with Gasteiger partial charge in [-0.1, -0.05) is 23.5 Å². The molecule has 0 fully saturated rings. The van der Waals surface area contributed by atoms with Crippen LogP contribution in [0.1, 0.15) is 17.7 Å². The molecule has 0 saturated heterocycles. The second-order valence-electron chi connectivity index (χ2n) is 6.62.